The standard InChI is InChI=1S/C32H38N4O7/c1-23-5-3-4-6-27(23)33-32(40)34-28-12-7-24(21-29(28)41-2)22-30(37)36(14-13-35-15-18-42-19-16-35)17-20-43-26-10-8-25(9-11-26)31(38)39/h3-12,21H,13-20,22H2,1-2H3,(H,38,39)(H2,33,34,40). The number of para-hydroxylation sites is 1. The molecule has 4 rings (SSSR count). The maximum Gasteiger partial charge on any atom is 0.335 e. The van der Waals surface area contributed by atoms with Gasteiger partial charge in [0.1, 0.15) is 18.1 Å². The quantitative estimate of drug-likeness (QED) is 0.271. The molecule has 3 N–H and O–H groups in total. The number of hydrogen-bond acceptors (Lipinski definition) is 7. The van der Waals surface area contributed by atoms with Gasteiger partial charge in [-0.05, 0) is 60.5 Å². The molecule has 3 amide bonds. The van der Waals surface area contributed by atoms with Crippen LogP contribution in [0.4, 0.5) is 16.2 Å². The Morgan fingerprint density at radius 1 is 0.953 bits per heavy atom. The Labute approximate surface area is 251 Å². The van der Waals surface area contributed by atoms with Crippen LogP contribution in [0.5, 0.6) is 11.5 Å². The number of aryl methyl sites for hydroxylation is 1. The fourth-order valence-electron chi connectivity index (χ4n) is 4.64. The predicted molar refractivity (Wildman–Crippen MR) is 163 cm³/mol. The number of anilines is 2. The molecule has 1 aliphatic heterocycles. The zero-order valence-electron chi connectivity index (χ0n) is 24.5. The van der Waals surface area contributed by atoms with Crippen molar-refractivity contribution in [2.75, 3.05) is 70.3 Å². The molecule has 1 fully saturated rings. The fourth-order valence-corrected chi connectivity index (χ4v) is 4.64. The van der Waals surface area contributed by atoms with Gasteiger partial charge in [0, 0.05) is 31.9 Å². The fraction of sp³-hybridized carbons (Fsp3) is 0.344. The lowest BCUT2D eigenvalue weighted by Gasteiger charge is -2.30. The summed E-state index contributed by atoms with van der Waals surface area (Å²) in [6.07, 6.45) is 0.141. The van der Waals surface area contributed by atoms with Crippen molar-refractivity contribution in [2.45, 2.75) is 13.3 Å². The van der Waals surface area contributed by atoms with Crippen LogP contribution in [0.25, 0.3) is 0 Å². The second kappa shape index (κ2) is 15.6. The predicted octanol–water partition coefficient (Wildman–Crippen LogP) is 4.13. The molecule has 0 aromatic heterocycles. The molecule has 0 atom stereocenters. The normalized spacial score (nSPS) is 13.2. The lowest BCUT2D eigenvalue weighted by molar-refractivity contribution is -0.131. The van der Waals surface area contributed by atoms with Crippen molar-refractivity contribution in [1.29, 1.82) is 0 Å². The molecule has 0 spiro atoms. The first-order valence-corrected chi connectivity index (χ1v) is 14.2. The minimum absolute atomic E-state index is 0.0712. The minimum Gasteiger partial charge on any atom is -0.495 e. The Balaban J connectivity index is 1.38. The van der Waals surface area contributed by atoms with E-state index in [1.165, 1.54) is 19.2 Å². The molecule has 0 saturated carbocycles. The van der Waals surface area contributed by atoms with Crippen molar-refractivity contribution in [3.05, 3.63) is 83.4 Å². The van der Waals surface area contributed by atoms with Gasteiger partial charge in [-0.1, -0.05) is 24.3 Å². The number of rotatable bonds is 13. The van der Waals surface area contributed by atoms with Crippen LogP contribution in [0.3, 0.4) is 0 Å². The van der Waals surface area contributed by atoms with Crippen molar-refractivity contribution in [3.8, 4) is 11.5 Å². The highest BCUT2D eigenvalue weighted by molar-refractivity contribution is 6.01. The highest BCUT2D eigenvalue weighted by Gasteiger charge is 2.19. The van der Waals surface area contributed by atoms with Crippen LogP contribution in [-0.4, -0.2) is 92.5 Å². The maximum absolute atomic E-state index is 13.5. The Morgan fingerprint density at radius 3 is 2.37 bits per heavy atom. The molecule has 228 valence electrons. The van der Waals surface area contributed by atoms with E-state index in [0.29, 0.717) is 55.7 Å². The number of amides is 3. The Kier molecular flexibility index (Phi) is 11.3. The van der Waals surface area contributed by atoms with Crippen molar-refractivity contribution < 1.29 is 33.7 Å². The third-order valence-electron chi connectivity index (χ3n) is 7.14. The van der Waals surface area contributed by atoms with Crippen molar-refractivity contribution in [2.24, 2.45) is 0 Å². The van der Waals surface area contributed by atoms with E-state index in [1.807, 2.05) is 31.2 Å². The third kappa shape index (κ3) is 9.45. The molecule has 1 saturated heterocycles. The summed E-state index contributed by atoms with van der Waals surface area (Å²) in [6.45, 7) is 6.74. The Hall–Kier alpha value is -4.61. The molecular weight excluding hydrogens is 552 g/mol. The Morgan fingerprint density at radius 2 is 1.67 bits per heavy atom. The van der Waals surface area contributed by atoms with Gasteiger partial charge in [0.05, 0.1) is 44.5 Å². The van der Waals surface area contributed by atoms with E-state index in [2.05, 4.69) is 15.5 Å². The number of nitrogens with zero attached hydrogens (tertiary/aromatic N) is 2. The van der Waals surface area contributed by atoms with Crippen molar-refractivity contribution in [1.82, 2.24) is 9.80 Å². The SMILES string of the molecule is COc1cc(CC(=O)N(CCOc2ccc(C(=O)O)cc2)CCN2CCOCC2)ccc1NC(=O)Nc1ccccc1C. The highest BCUT2D eigenvalue weighted by atomic mass is 16.5. The lowest BCUT2D eigenvalue weighted by Crippen LogP contribution is -2.44. The summed E-state index contributed by atoms with van der Waals surface area (Å²) in [4.78, 5) is 41.2. The summed E-state index contributed by atoms with van der Waals surface area (Å²) in [5.74, 6) is -0.0985. The van der Waals surface area contributed by atoms with E-state index in [0.717, 1.165) is 24.2 Å². The molecule has 11 heteroatoms. The van der Waals surface area contributed by atoms with E-state index < -0.39 is 12.0 Å². The monoisotopic (exact) mass is 590 g/mol. The van der Waals surface area contributed by atoms with E-state index in [-0.39, 0.29) is 24.5 Å². The van der Waals surface area contributed by atoms with Crippen LogP contribution in [0.15, 0.2) is 66.7 Å². The number of benzene rings is 3. The largest absolute Gasteiger partial charge is 0.495 e. The number of ether oxygens (including phenoxy) is 3. The van der Waals surface area contributed by atoms with Gasteiger partial charge in [0.25, 0.3) is 0 Å². The third-order valence-corrected chi connectivity index (χ3v) is 7.14. The van der Waals surface area contributed by atoms with Crippen LogP contribution >= 0.6 is 0 Å². The number of carbonyl (C=O) groups excluding carboxylic acids is 2. The van der Waals surface area contributed by atoms with Gasteiger partial charge < -0.3 is 34.9 Å². The summed E-state index contributed by atoms with van der Waals surface area (Å²) in [5, 5.41) is 14.7. The summed E-state index contributed by atoms with van der Waals surface area (Å²) in [7, 11) is 1.51. The number of carbonyl (C=O) groups is 3. The van der Waals surface area contributed by atoms with Crippen LogP contribution in [-0.2, 0) is 16.0 Å². The second-order valence-electron chi connectivity index (χ2n) is 10.1. The number of aromatic carboxylic acids is 1. The zero-order valence-corrected chi connectivity index (χ0v) is 24.5. The molecule has 11 nitrogen and oxygen atoms in total. The summed E-state index contributed by atoms with van der Waals surface area (Å²) in [6, 6.07) is 18.5. The number of methoxy groups -OCH3 is 1. The number of carboxylic acids is 1. The first-order chi connectivity index (χ1) is 20.8. The maximum atomic E-state index is 13.5. The molecule has 0 bridgehead atoms. The lowest BCUT2D eigenvalue weighted by atomic mass is 10.1. The summed E-state index contributed by atoms with van der Waals surface area (Å²) >= 11 is 0. The number of urea groups is 1. The topological polar surface area (TPSA) is 130 Å². The molecule has 0 unspecified atom stereocenters. The van der Waals surface area contributed by atoms with Crippen LogP contribution in [0.1, 0.15) is 21.5 Å². The van der Waals surface area contributed by atoms with Gasteiger partial charge in [-0.15, -0.1) is 0 Å². The van der Waals surface area contributed by atoms with Gasteiger partial charge in [-0.2, -0.15) is 0 Å². The number of nitrogens with one attached hydrogen (secondary N) is 2. The van der Waals surface area contributed by atoms with E-state index in [4.69, 9.17) is 19.3 Å². The summed E-state index contributed by atoms with van der Waals surface area (Å²) in [5.41, 5.74) is 3.06. The van der Waals surface area contributed by atoms with E-state index >= 15 is 0 Å². The molecule has 0 aliphatic carbocycles. The number of carboxylic acid groups (broad SMARTS) is 1. The van der Waals surface area contributed by atoms with Crippen molar-refractivity contribution >= 4 is 29.3 Å². The zero-order chi connectivity index (χ0) is 30.6. The Bertz CT molecular complexity index is 1390. The molecule has 3 aromatic carbocycles. The van der Waals surface area contributed by atoms with Crippen LogP contribution < -0.4 is 20.1 Å². The molecule has 1 aliphatic rings. The molecule has 3 aromatic rings. The molecule has 1 heterocycles. The highest BCUT2D eigenvalue weighted by Crippen LogP contribution is 2.26. The molecular formula is C32H38N4O7. The smallest absolute Gasteiger partial charge is 0.335 e. The average molecular weight is 591 g/mol. The minimum atomic E-state index is -1.00. The van der Waals surface area contributed by atoms with Crippen LogP contribution in [0, 0.1) is 6.92 Å². The van der Waals surface area contributed by atoms with Gasteiger partial charge >= 0.3 is 12.0 Å². The summed E-state index contributed by atoms with van der Waals surface area (Å²) < 4.78 is 16.8. The second-order valence-corrected chi connectivity index (χ2v) is 10.1. The number of hydrogen-bond donors (Lipinski definition) is 3. The first-order valence-electron chi connectivity index (χ1n) is 14.2. The van der Waals surface area contributed by atoms with E-state index in [1.54, 1.807) is 35.2 Å². The van der Waals surface area contributed by atoms with Gasteiger partial charge in [0.2, 0.25) is 5.91 Å². The first kappa shape index (κ1) is 31.3. The van der Waals surface area contributed by atoms with Crippen LogP contribution in [0.2, 0.25) is 0 Å². The van der Waals surface area contributed by atoms with Gasteiger partial charge in [-0.3, -0.25) is 9.69 Å². The number of morpholine rings is 1. The van der Waals surface area contributed by atoms with E-state index in [9.17, 15) is 14.4 Å². The van der Waals surface area contributed by atoms with Gasteiger partial charge in [-0.25, -0.2) is 9.59 Å². The van der Waals surface area contributed by atoms with Crippen molar-refractivity contribution in [3.63, 3.8) is 0 Å². The van der Waals surface area contributed by atoms with Gasteiger partial charge in [0.15, 0.2) is 0 Å². The molecule has 43 heavy (non-hydrogen) atoms. The average Bonchev–Trinajstić information content (AvgIpc) is 3.01. The molecule has 0 radical (unpaired) electrons.